The third-order valence-electron chi connectivity index (χ3n) is 2.77. The van der Waals surface area contributed by atoms with Gasteiger partial charge in [0.15, 0.2) is 11.5 Å². The lowest BCUT2D eigenvalue weighted by molar-refractivity contribution is 0.171. The fourth-order valence-corrected chi connectivity index (χ4v) is 1.99. The van der Waals surface area contributed by atoms with Crippen molar-refractivity contribution in [3.8, 4) is 11.5 Å². The van der Waals surface area contributed by atoms with Crippen LogP contribution in [-0.2, 0) is 0 Å². The van der Waals surface area contributed by atoms with Gasteiger partial charge in [0.05, 0.1) is 16.8 Å². The summed E-state index contributed by atoms with van der Waals surface area (Å²) in [5.74, 6) is 1.50. The Morgan fingerprint density at radius 3 is 2.50 bits per heavy atom. The monoisotopic (exact) mass is 240 g/mol. The summed E-state index contributed by atoms with van der Waals surface area (Å²) in [6.07, 6.45) is 0. The summed E-state index contributed by atoms with van der Waals surface area (Å²) in [7, 11) is 0. The second-order valence-corrected chi connectivity index (χ2v) is 4.38. The van der Waals surface area contributed by atoms with Crippen LogP contribution < -0.4 is 20.1 Å². The van der Waals surface area contributed by atoms with E-state index in [4.69, 9.17) is 21.1 Å². The number of ether oxygens (including phenoxy) is 2. The fraction of sp³-hybridized carbons (Fsp3) is 0.455. The van der Waals surface area contributed by atoms with Crippen LogP contribution in [0.3, 0.4) is 0 Å². The minimum atomic E-state index is 0.458. The second kappa shape index (κ2) is 4.03. The summed E-state index contributed by atoms with van der Waals surface area (Å²) in [6, 6.07) is 4.18. The Morgan fingerprint density at radius 1 is 1.19 bits per heavy atom. The number of hydrogen-bond acceptors (Lipinski definition) is 4. The van der Waals surface area contributed by atoms with Crippen molar-refractivity contribution in [1.29, 1.82) is 0 Å². The van der Waals surface area contributed by atoms with E-state index in [1.807, 2.05) is 12.1 Å². The summed E-state index contributed by atoms with van der Waals surface area (Å²) in [5.41, 5.74) is 0.914. The number of hydrogen-bond donors (Lipinski definition) is 2. The molecule has 1 aromatic carbocycles. The molecule has 2 heterocycles. The molecule has 2 N–H and O–H groups in total. The molecule has 0 amide bonds. The quantitative estimate of drug-likeness (QED) is 0.822. The number of rotatable bonds is 2. The first kappa shape index (κ1) is 10.1. The van der Waals surface area contributed by atoms with E-state index in [1.54, 1.807) is 0 Å². The van der Waals surface area contributed by atoms with Crippen LogP contribution in [-0.4, -0.2) is 32.3 Å². The Hall–Kier alpha value is -1.13. The SMILES string of the molecule is Clc1cc2c(cc1NC1CNC1)OCCO2. The highest BCUT2D eigenvalue weighted by Crippen LogP contribution is 2.38. The van der Waals surface area contributed by atoms with E-state index in [1.165, 1.54) is 0 Å². The van der Waals surface area contributed by atoms with Crippen LogP contribution in [0.1, 0.15) is 0 Å². The zero-order valence-electron chi connectivity index (χ0n) is 8.75. The van der Waals surface area contributed by atoms with Gasteiger partial charge in [0, 0.05) is 25.2 Å². The van der Waals surface area contributed by atoms with Gasteiger partial charge in [-0.25, -0.2) is 0 Å². The lowest BCUT2D eigenvalue weighted by atomic mass is 10.1. The molecule has 0 atom stereocenters. The van der Waals surface area contributed by atoms with Crippen molar-refractivity contribution >= 4 is 17.3 Å². The van der Waals surface area contributed by atoms with Crippen molar-refractivity contribution in [2.75, 3.05) is 31.6 Å². The number of fused-ring (bicyclic) bond motifs is 1. The van der Waals surface area contributed by atoms with Gasteiger partial charge in [-0.2, -0.15) is 0 Å². The van der Waals surface area contributed by atoms with Crippen molar-refractivity contribution in [2.45, 2.75) is 6.04 Å². The van der Waals surface area contributed by atoms with Crippen molar-refractivity contribution < 1.29 is 9.47 Å². The first-order valence-corrected chi connectivity index (χ1v) is 5.77. The lowest BCUT2D eigenvalue weighted by Crippen LogP contribution is -2.51. The van der Waals surface area contributed by atoms with Gasteiger partial charge in [0.2, 0.25) is 0 Å². The first-order valence-electron chi connectivity index (χ1n) is 5.39. The van der Waals surface area contributed by atoms with Gasteiger partial charge in [-0.15, -0.1) is 0 Å². The van der Waals surface area contributed by atoms with E-state index in [0.29, 0.717) is 24.3 Å². The first-order chi connectivity index (χ1) is 7.83. The average Bonchev–Trinajstić information content (AvgIpc) is 2.23. The molecule has 0 unspecified atom stereocenters. The molecule has 2 aliphatic rings. The van der Waals surface area contributed by atoms with E-state index in [-0.39, 0.29) is 0 Å². The Balaban J connectivity index is 1.86. The molecule has 0 aliphatic carbocycles. The molecule has 1 aromatic rings. The van der Waals surface area contributed by atoms with Crippen LogP contribution in [0.5, 0.6) is 11.5 Å². The van der Waals surface area contributed by atoms with Crippen LogP contribution in [0.4, 0.5) is 5.69 Å². The summed E-state index contributed by atoms with van der Waals surface area (Å²) in [4.78, 5) is 0. The predicted molar refractivity (Wildman–Crippen MR) is 62.7 cm³/mol. The molecule has 4 nitrogen and oxygen atoms in total. The molecule has 16 heavy (non-hydrogen) atoms. The minimum Gasteiger partial charge on any atom is -0.486 e. The van der Waals surface area contributed by atoms with E-state index < -0.39 is 0 Å². The number of nitrogens with one attached hydrogen (secondary N) is 2. The predicted octanol–water partition coefficient (Wildman–Crippen LogP) is 1.49. The minimum absolute atomic E-state index is 0.458. The molecule has 3 rings (SSSR count). The highest BCUT2D eigenvalue weighted by atomic mass is 35.5. The molecule has 2 aliphatic heterocycles. The van der Waals surface area contributed by atoms with Crippen molar-refractivity contribution in [2.24, 2.45) is 0 Å². The van der Waals surface area contributed by atoms with Crippen LogP contribution in [0.25, 0.3) is 0 Å². The maximum atomic E-state index is 6.17. The van der Waals surface area contributed by atoms with Gasteiger partial charge in [-0.05, 0) is 0 Å². The zero-order valence-corrected chi connectivity index (χ0v) is 9.51. The van der Waals surface area contributed by atoms with Gasteiger partial charge in [0.25, 0.3) is 0 Å². The molecule has 0 radical (unpaired) electrons. The molecule has 0 aromatic heterocycles. The van der Waals surface area contributed by atoms with Crippen molar-refractivity contribution in [1.82, 2.24) is 5.32 Å². The zero-order chi connectivity index (χ0) is 11.0. The fourth-order valence-electron chi connectivity index (χ4n) is 1.79. The molecular weight excluding hydrogens is 228 g/mol. The molecule has 0 bridgehead atoms. The maximum absolute atomic E-state index is 6.17. The number of halogens is 1. The third kappa shape index (κ3) is 1.79. The van der Waals surface area contributed by atoms with E-state index >= 15 is 0 Å². The topological polar surface area (TPSA) is 42.5 Å². The summed E-state index contributed by atoms with van der Waals surface area (Å²) in [6.45, 7) is 3.14. The Morgan fingerprint density at radius 2 is 1.88 bits per heavy atom. The van der Waals surface area contributed by atoms with Gasteiger partial charge in [-0.3, -0.25) is 0 Å². The van der Waals surface area contributed by atoms with E-state index in [9.17, 15) is 0 Å². The summed E-state index contributed by atoms with van der Waals surface area (Å²) < 4.78 is 11.0. The molecular formula is C11H13ClN2O2. The highest BCUT2D eigenvalue weighted by molar-refractivity contribution is 6.33. The Kier molecular flexibility index (Phi) is 2.53. The van der Waals surface area contributed by atoms with E-state index in [2.05, 4.69) is 10.6 Å². The van der Waals surface area contributed by atoms with Gasteiger partial charge >= 0.3 is 0 Å². The van der Waals surface area contributed by atoms with E-state index in [0.717, 1.165) is 30.3 Å². The molecule has 1 saturated heterocycles. The Bertz CT molecular complexity index is 407. The molecule has 5 heteroatoms. The summed E-state index contributed by atoms with van der Waals surface area (Å²) in [5, 5.41) is 7.25. The van der Waals surface area contributed by atoms with Crippen LogP contribution in [0, 0.1) is 0 Å². The number of anilines is 1. The average molecular weight is 241 g/mol. The van der Waals surface area contributed by atoms with Gasteiger partial charge < -0.3 is 20.1 Å². The largest absolute Gasteiger partial charge is 0.486 e. The highest BCUT2D eigenvalue weighted by Gasteiger charge is 2.20. The molecule has 0 spiro atoms. The van der Waals surface area contributed by atoms with Crippen LogP contribution in [0.2, 0.25) is 5.02 Å². The van der Waals surface area contributed by atoms with Gasteiger partial charge in [0.1, 0.15) is 13.2 Å². The van der Waals surface area contributed by atoms with Gasteiger partial charge in [-0.1, -0.05) is 11.6 Å². The Labute approximate surface area is 98.9 Å². The third-order valence-corrected chi connectivity index (χ3v) is 3.09. The summed E-state index contributed by atoms with van der Waals surface area (Å²) >= 11 is 6.17. The molecule has 1 fully saturated rings. The second-order valence-electron chi connectivity index (χ2n) is 3.98. The van der Waals surface area contributed by atoms with Crippen molar-refractivity contribution in [3.63, 3.8) is 0 Å². The lowest BCUT2D eigenvalue weighted by Gasteiger charge is -2.30. The van der Waals surface area contributed by atoms with Crippen molar-refractivity contribution in [3.05, 3.63) is 17.2 Å². The maximum Gasteiger partial charge on any atom is 0.163 e. The smallest absolute Gasteiger partial charge is 0.163 e. The molecule has 0 saturated carbocycles. The van der Waals surface area contributed by atoms with Crippen LogP contribution >= 0.6 is 11.6 Å². The molecule has 86 valence electrons. The standard InChI is InChI=1S/C11H13ClN2O2/c12-8-3-10-11(16-2-1-15-10)4-9(8)14-7-5-13-6-7/h3-4,7,13-14H,1-2,5-6H2. The number of benzene rings is 1. The normalized spacial score (nSPS) is 19.1. The van der Waals surface area contributed by atoms with Crippen LogP contribution in [0.15, 0.2) is 12.1 Å².